The lowest BCUT2D eigenvalue weighted by molar-refractivity contribution is -0.116. The summed E-state index contributed by atoms with van der Waals surface area (Å²) in [4.78, 5) is 12.0. The van der Waals surface area contributed by atoms with Crippen molar-refractivity contribution in [3.63, 3.8) is 0 Å². The van der Waals surface area contributed by atoms with Gasteiger partial charge in [0.25, 0.3) is 5.91 Å². The maximum Gasteiger partial charge on any atom is 0.253 e. The van der Waals surface area contributed by atoms with E-state index in [9.17, 15) is 4.79 Å². The molecule has 1 aromatic carbocycles. The van der Waals surface area contributed by atoms with E-state index in [1.807, 2.05) is 18.2 Å². The Morgan fingerprint density at radius 2 is 2.06 bits per heavy atom. The van der Waals surface area contributed by atoms with Crippen LogP contribution in [0.2, 0.25) is 0 Å². The highest BCUT2D eigenvalue weighted by molar-refractivity contribution is 6.13. The van der Waals surface area contributed by atoms with Gasteiger partial charge in [-0.15, -0.1) is 0 Å². The Morgan fingerprint density at radius 3 is 2.78 bits per heavy atom. The van der Waals surface area contributed by atoms with Gasteiger partial charge in [0.05, 0.1) is 17.8 Å². The van der Waals surface area contributed by atoms with Gasteiger partial charge in [-0.1, -0.05) is 18.9 Å². The third-order valence-electron chi connectivity index (χ3n) is 3.74. The lowest BCUT2D eigenvalue weighted by Gasteiger charge is -2.12. The van der Waals surface area contributed by atoms with Crippen molar-refractivity contribution in [2.75, 3.05) is 10.7 Å². The maximum absolute atomic E-state index is 12.0. The van der Waals surface area contributed by atoms with Crippen LogP contribution in [0.25, 0.3) is 0 Å². The Morgan fingerprint density at radius 1 is 1.28 bits per heavy atom. The molecular weight excluding hydrogens is 226 g/mol. The average molecular weight is 243 g/mol. The van der Waals surface area contributed by atoms with E-state index in [1.54, 1.807) is 6.07 Å². The van der Waals surface area contributed by atoms with Gasteiger partial charge in [-0.2, -0.15) is 5.10 Å². The Kier molecular flexibility index (Phi) is 2.78. The van der Waals surface area contributed by atoms with Crippen LogP contribution in [0.5, 0.6) is 0 Å². The van der Waals surface area contributed by atoms with Crippen LogP contribution in [0.1, 0.15) is 32.1 Å². The normalized spacial score (nSPS) is 20.6. The zero-order valence-corrected chi connectivity index (χ0v) is 10.3. The Labute approximate surface area is 106 Å². The molecule has 4 heteroatoms. The molecule has 94 valence electrons. The van der Waals surface area contributed by atoms with Crippen LogP contribution in [0, 0.1) is 5.92 Å². The molecule has 4 nitrogen and oxygen atoms in total. The SMILES string of the molecule is Nc1cccc(N2N=C(C3CCCC3)CC2=O)c1. The van der Waals surface area contributed by atoms with Gasteiger partial charge >= 0.3 is 0 Å². The molecular formula is C14H17N3O. The molecule has 0 aromatic heterocycles. The number of carbonyl (C=O) groups excluding carboxylic acids is 1. The summed E-state index contributed by atoms with van der Waals surface area (Å²) in [7, 11) is 0. The number of nitrogens with two attached hydrogens (primary N) is 1. The minimum absolute atomic E-state index is 0.0579. The molecule has 1 fully saturated rings. The van der Waals surface area contributed by atoms with Gasteiger partial charge in [-0.05, 0) is 37.0 Å². The van der Waals surface area contributed by atoms with Crippen molar-refractivity contribution in [2.24, 2.45) is 11.0 Å². The summed E-state index contributed by atoms with van der Waals surface area (Å²) in [6, 6.07) is 7.32. The van der Waals surface area contributed by atoms with Crippen LogP contribution >= 0.6 is 0 Å². The van der Waals surface area contributed by atoms with Crippen LogP contribution in [0.15, 0.2) is 29.4 Å². The van der Waals surface area contributed by atoms with Crippen LogP contribution in [-0.2, 0) is 4.79 Å². The van der Waals surface area contributed by atoms with Crippen molar-refractivity contribution >= 4 is 23.0 Å². The van der Waals surface area contributed by atoms with E-state index >= 15 is 0 Å². The predicted molar refractivity (Wildman–Crippen MR) is 72.4 cm³/mol. The van der Waals surface area contributed by atoms with Crippen molar-refractivity contribution < 1.29 is 4.79 Å². The lowest BCUT2D eigenvalue weighted by Crippen LogP contribution is -2.19. The largest absolute Gasteiger partial charge is 0.399 e. The summed E-state index contributed by atoms with van der Waals surface area (Å²) in [5, 5.41) is 6.01. The fourth-order valence-corrected chi connectivity index (χ4v) is 2.79. The van der Waals surface area contributed by atoms with E-state index in [4.69, 9.17) is 5.73 Å². The van der Waals surface area contributed by atoms with E-state index in [0.717, 1.165) is 11.4 Å². The van der Waals surface area contributed by atoms with E-state index in [0.29, 0.717) is 18.0 Å². The zero-order chi connectivity index (χ0) is 12.5. The molecule has 1 saturated carbocycles. The van der Waals surface area contributed by atoms with Crippen molar-refractivity contribution in [2.45, 2.75) is 32.1 Å². The summed E-state index contributed by atoms with van der Waals surface area (Å²) in [5.41, 5.74) is 8.23. The minimum Gasteiger partial charge on any atom is -0.399 e. The molecule has 0 radical (unpaired) electrons. The number of hydrogen-bond donors (Lipinski definition) is 1. The topological polar surface area (TPSA) is 58.7 Å². The number of rotatable bonds is 2. The highest BCUT2D eigenvalue weighted by Crippen LogP contribution is 2.31. The smallest absolute Gasteiger partial charge is 0.253 e. The third-order valence-corrected chi connectivity index (χ3v) is 3.74. The number of hydrazone groups is 1. The summed E-state index contributed by atoms with van der Waals surface area (Å²) in [5.74, 6) is 0.572. The first kappa shape index (κ1) is 11.3. The lowest BCUT2D eigenvalue weighted by atomic mass is 10.00. The van der Waals surface area contributed by atoms with Crippen molar-refractivity contribution in [1.29, 1.82) is 0 Å². The van der Waals surface area contributed by atoms with Crippen molar-refractivity contribution in [1.82, 2.24) is 0 Å². The molecule has 0 unspecified atom stereocenters. The number of carbonyl (C=O) groups is 1. The molecule has 2 N–H and O–H groups in total. The molecule has 0 bridgehead atoms. The number of nitrogen functional groups attached to an aromatic ring is 1. The third kappa shape index (κ3) is 1.98. The molecule has 1 aromatic rings. The average Bonchev–Trinajstić information content (AvgIpc) is 2.97. The highest BCUT2D eigenvalue weighted by Gasteiger charge is 2.31. The van der Waals surface area contributed by atoms with Crippen molar-refractivity contribution in [3.05, 3.63) is 24.3 Å². The standard InChI is InChI=1S/C14H17N3O/c15-11-6-3-7-12(8-11)17-14(18)9-13(16-17)10-4-1-2-5-10/h3,6-8,10H,1-2,4-5,9,15H2. The minimum atomic E-state index is 0.0579. The number of anilines is 2. The van der Waals surface area contributed by atoms with Gasteiger partial charge < -0.3 is 5.73 Å². The molecule has 1 aliphatic heterocycles. The van der Waals surface area contributed by atoms with Crippen LogP contribution in [0.3, 0.4) is 0 Å². The van der Waals surface area contributed by atoms with Gasteiger partial charge in [-0.25, -0.2) is 5.01 Å². The van der Waals surface area contributed by atoms with Gasteiger partial charge in [-0.3, -0.25) is 4.79 Å². The van der Waals surface area contributed by atoms with Gasteiger partial charge in [0.2, 0.25) is 0 Å². The summed E-state index contributed by atoms with van der Waals surface area (Å²) in [6.07, 6.45) is 5.35. The van der Waals surface area contributed by atoms with E-state index in [2.05, 4.69) is 5.10 Å². The molecule has 1 aliphatic carbocycles. The first-order valence-corrected chi connectivity index (χ1v) is 6.50. The van der Waals surface area contributed by atoms with Crippen LogP contribution in [0.4, 0.5) is 11.4 Å². The molecule has 1 heterocycles. The molecule has 3 rings (SSSR count). The van der Waals surface area contributed by atoms with Gasteiger partial charge in [0.1, 0.15) is 0 Å². The van der Waals surface area contributed by atoms with E-state index in [-0.39, 0.29) is 5.91 Å². The summed E-state index contributed by atoms with van der Waals surface area (Å²) in [6.45, 7) is 0. The molecule has 0 saturated heterocycles. The first-order valence-electron chi connectivity index (χ1n) is 6.50. The highest BCUT2D eigenvalue weighted by atomic mass is 16.2. The van der Waals surface area contributed by atoms with Crippen molar-refractivity contribution in [3.8, 4) is 0 Å². The van der Waals surface area contributed by atoms with Gasteiger partial charge in [0, 0.05) is 5.69 Å². The second-order valence-corrected chi connectivity index (χ2v) is 5.05. The number of nitrogens with zero attached hydrogens (tertiary/aromatic N) is 2. The Bertz CT molecular complexity index is 504. The molecule has 18 heavy (non-hydrogen) atoms. The quantitative estimate of drug-likeness (QED) is 0.811. The molecule has 0 spiro atoms. The molecule has 1 amide bonds. The second kappa shape index (κ2) is 4.44. The van der Waals surface area contributed by atoms with Gasteiger partial charge in [0.15, 0.2) is 0 Å². The number of benzene rings is 1. The zero-order valence-electron chi connectivity index (χ0n) is 10.3. The Hall–Kier alpha value is -1.84. The first-order chi connectivity index (χ1) is 8.74. The number of hydrogen-bond acceptors (Lipinski definition) is 3. The predicted octanol–water partition coefficient (Wildman–Crippen LogP) is 2.55. The summed E-state index contributed by atoms with van der Waals surface area (Å²) < 4.78 is 0. The van der Waals surface area contributed by atoms with E-state index in [1.165, 1.54) is 30.7 Å². The second-order valence-electron chi connectivity index (χ2n) is 5.05. The monoisotopic (exact) mass is 243 g/mol. The van der Waals surface area contributed by atoms with Crippen LogP contribution in [-0.4, -0.2) is 11.6 Å². The van der Waals surface area contributed by atoms with Crippen LogP contribution < -0.4 is 10.7 Å². The number of amides is 1. The summed E-state index contributed by atoms with van der Waals surface area (Å²) >= 11 is 0. The molecule has 2 aliphatic rings. The van der Waals surface area contributed by atoms with E-state index < -0.39 is 0 Å². The fourth-order valence-electron chi connectivity index (χ4n) is 2.79. The maximum atomic E-state index is 12.0. The fraction of sp³-hybridized carbons (Fsp3) is 0.429. The Balaban J connectivity index is 1.86. The molecule has 0 atom stereocenters.